The van der Waals surface area contributed by atoms with E-state index in [9.17, 15) is 0 Å². The topological polar surface area (TPSA) is 24.7 Å². The van der Waals surface area contributed by atoms with E-state index in [1.54, 1.807) is 23.9 Å². The zero-order chi connectivity index (χ0) is 7.40. The lowest BCUT2D eigenvalue weighted by atomic mass is 10.6. The number of rotatable bonds is 0. The molecule has 1 heterocycles. The first kappa shape index (κ1) is 7.79. The summed E-state index contributed by atoms with van der Waals surface area (Å²) in [5.74, 6) is 0. The van der Waals surface area contributed by atoms with Crippen LogP contribution < -0.4 is 0 Å². The van der Waals surface area contributed by atoms with Crippen LogP contribution in [0.1, 0.15) is 0 Å². The molecule has 4 heteroatoms. The van der Waals surface area contributed by atoms with Crippen molar-refractivity contribution in [3.8, 4) is 0 Å². The monoisotopic (exact) mass is 216 g/mol. The molecule has 0 aliphatic carbocycles. The van der Waals surface area contributed by atoms with E-state index in [1.807, 2.05) is 6.26 Å². The minimum atomic E-state index is 0.702. The highest BCUT2D eigenvalue weighted by Gasteiger charge is 1.92. The number of hydrogen-bond acceptors (Lipinski definition) is 3. The molecule has 0 aromatic rings. The molecule has 1 aliphatic heterocycles. The molecule has 0 radical (unpaired) electrons. The molecule has 0 saturated heterocycles. The van der Waals surface area contributed by atoms with Gasteiger partial charge in [0.2, 0.25) is 0 Å². The lowest BCUT2D eigenvalue weighted by Crippen LogP contribution is -1.80. The van der Waals surface area contributed by atoms with Crippen LogP contribution in [-0.4, -0.2) is 15.9 Å². The second-order valence-electron chi connectivity index (χ2n) is 1.52. The molecule has 52 valence electrons. The lowest BCUT2D eigenvalue weighted by Gasteiger charge is -1.85. The fourth-order valence-electron chi connectivity index (χ4n) is 0.436. The van der Waals surface area contributed by atoms with Crippen LogP contribution in [0.2, 0.25) is 0 Å². The molecule has 0 spiro atoms. The fourth-order valence-corrected chi connectivity index (χ4v) is 0.956. The van der Waals surface area contributed by atoms with Gasteiger partial charge in [-0.25, -0.2) is 0 Å². The van der Waals surface area contributed by atoms with E-state index in [2.05, 4.69) is 31.9 Å². The number of nitrogens with zero attached hydrogens (tertiary/aromatic N) is 2. The predicted octanol–water partition coefficient (Wildman–Crippen LogP) is 2.18. The smallest absolute Gasteiger partial charge is 0.136 e. The largest absolute Gasteiger partial charge is 0.142 e. The van der Waals surface area contributed by atoms with Gasteiger partial charge in [0.05, 0.1) is 0 Å². The van der Waals surface area contributed by atoms with E-state index in [4.69, 9.17) is 0 Å². The van der Waals surface area contributed by atoms with Crippen molar-refractivity contribution in [2.75, 3.05) is 6.26 Å². The quantitative estimate of drug-likeness (QED) is 0.570. The summed E-state index contributed by atoms with van der Waals surface area (Å²) in [7, 11) is 0. The van der Waals surface area contributed by atoms with E-state index >= 15 is 0 Å². The van der Waals surface area contributed by atoms with Crippen LogP contribution in [0.5, 0.6) is 0 Å². The third kappa shape index (κ3) is 2.14. The SMILES string of the molecule is CSC1=NN=C(Br)C=C=C1. The highest BCUT2D eigenvalue weighted by atomic mass is 79.9. The van der Waals surface area contributed by atoms with Crippen LogP contribution in [0.4, 0.5) is 0 Å². The lowest BCUT2D eigenvalue weighted by molar-refractivity contribution is 1.27. The molecule has 0 aromatic carbocycles. The van der Waals surface area contributed by atoms with Crippen LogP contribution in [0.15, 0.2) is 28.1 Å². The van der Waals surface area contributed by atoms with E-state index in [0.717, 1.165) is 5.04 Å². The summed E-state index contributed by atoms with van der Waals surface area (Å²) in [4.78, 5) is 0. The van der Waals surface area contributed by atoms with Crippen molar-refractivity contribution in [2.24, 2.45) is 10.2 Å². The third-order valence-corrected chi connectivity index (χ3v) is 1.87. The Balaban J connectivity index is 2.91. The van der Waals surface area contributed by atoms with Crippen molar-refractivity contribution < 1.29 is 0 Å². The minimum absolute atomic E-state index is 0.702. The molecule has 0 fully saturated rings. The van der Waals surface area contributed by atoms with E-state index < -0.39 is 0 Å². The second-order valence-corrected chi connectivity index (χ2v) is 3.16. The summed E-state index contributed by atoms with van der Waals surface area (Å²) in [5, 5.41) is 8.59. The van der Waals surface area contributed by atoms with Crippen LogP contribution in [-0.2, 0) is 0 Å². The van der Waals surface area contributed by atoms with Gasteiger partial charge >= 0.3 is 0 Å². The molecule has 10 heavy (non-hydrogen) atoms. The first-order valence-corrected chi connectivity index (χ1v) is 4.62. The summed E-state index contributed by atoms with van der Waals surface area (Å²) in [5.41, 5.74) is 2.92. The Morgan fingerprint density at radius 3 is 3.00 bits per heavy atom. The molecule has 1 aliphatic rings. The van der Waals surface area contributed by atoms with Gasteiger partial charge in [-0.3, -0.25) is 0 Å². The van der Waals surface area contributed by atoms with Crippen molar-refractivity contribution in [1.29, 1.82) is 0 Å². The van der Waals surface area contributed by atoms with Gasteiger partial charge in [0.15, 0.2) is 0 Å². The summed E-state index contributed by atoms with van der Waals surface area (Å²) >= 11 is 4.74. The maximum absolute atomic E-state index is 3.89. The Morgan fingerprint density at radius 2 is 2.30 bits per heavy atom. The minimum Gasteiger partial charge on any atom is -0.142 e. The maximum atomic E-state index is 3.89. The normalized spacial score (nSPS) is 16.2. The van der Waals surface area contributed by atoms with Crippen LogP contribution in [0.3, 0.4) is 0 Å². The Kier molecular flexibility index (Phi) is 2.93. The third-order valence-electron chi connectivity index (χ3n) is 0.862. The first-order valence-electron chi connectivity index (χ1n) is 2.60. The van der Waals surface area contributed by atoms with Gasteiger partial charge < -0.3 is 0 Å². The maximum Gasteiger partial charge on any atom is 0.136 e. The van der Waals surface area contributed by atoms with Crippen LogP contribution in [0, 0.1) is 0 Å². The van der Waals surface area contributed by atoms with E-state index in [0.29, 0.717) is 4.62 Å². The van der Waals surface area contributed by atoms with Gasteiger partial charge in [-0.1, -0.05) is 0 Å². The standard InChI is InChI=1S/C6H5BrN2S/c1-10-6-4-2-3-5(7)8-9-6/h3-4H,1H3. The van der Waals surface area contributed by atoms with Gasteiger partial charge in [0.25, 0.3) is 0 Å². The van der Waals surface area contributed by atoms with E-state index in [-0.39, 0.29) is 0 Å². The van der Waals surface area contributed by atoms with Gasteiger partial charge in [-0.05, 0) is 22.2 Å². The Hall–Kier alpha value is -0.310. The first-order chi connectivity index (χ1) is 4.83. The summed E-state index contributed by atoms with van der Waals surface area (Å²) in [6, 6.07) is 0. The molecule has 0 atom stereocenters. The van der Waals surface area contributed by atoms with Crippen molar-refractivity contribution in [1.82, 2.24) is 0 Å². The fraction of sp³-hybridized carbons (Fsp3) is 0.167. The highest BCUT2D eigenvalue weighted by Crippen LogP contribution is 2.04. The molecule has 0 bridgehead atoms. The van der Waals surface area contributed by atoms with Gasteiger partial charge in [0, 0.05) is 12.2 Å². The molecule has 0 N–H and O–H groups in total. The number of halogens is 1. The molecule has 0 amide bonds. The molecule has 1 rings (SSSR count). The number of thioether (sulfide) groups is 1. The summed E-state index contributed by atoms with van der Waals surface area (Å²) < 4.78 is 0.702. The highest BCUT2D eigenvalue weighted by molar-refractivity contribution is 9.18. The van der Waals surface area contributed by atoms with Crippen molar-refractivity contribution >= 4 is 37.4 Å². The Bertz CT molecular complexity index is 248. The molecule has 0 aromatic heterocycles. The van der Waals surface area contributed by atoms with Gasteiger partial charge in [-0.15, -0.1) is 27.7 Å². The molecule has 0 unspecified atom stereocenters. The second kappa shape index (κ2) is 3.76. The zero-order valence-electron chi connectivity index (χ0n) is 5.34. The van der Waals surface area contributed by atoms with Crippen LogP contribution >= 0.6 is 27.7 Å². The van der Waals surface area contributed by atoms with Gasteiger partial charge in [0.1, 0.15) is 9.66 Å². The molecular formula is C6H5BrN2S. The van der Waals surface area contributed by atoms with Gasteiger partial charge in [-0.2, -0.15) is 0 Å². The summed E-state index contributed by atoms with van der Waals surface area (Å²) in [6.45, 7) is 0. The molecular weight excluding hydrogens is 212 g/mol. The Labute approximate surface area is 71.9 Å². The summed E-state index contributed by atoms with van der Waals surface area (Å²) in [6.07, 6.45) is 5.47. The Morgan fingerprint density at radius 1 is 1.50 bits per heavy atom. The average molecular weight is 217 g/mol. The zero-order valence-corrected chi connectivity index (χ0v) is 7.74. The number of hydrogen-bond donors (Lipinski definition) is 0. The average Bonchev–Trinajstić information content (AvgIpc) is 2.14. The predicted molar refractivity (Wildman–Crippen MR) is 50.0 cm³/mol. The van der Waals surface area contributed by atoms with Crippen molar-refractivity contribution in [3.63, 3.8) is 0 Å². The molecule has 2 nitrogen and oxygen atoms in total. The van der Waals surface area contributed by atoms with Crippen molar-refractivity contribution in [2.45, 2.75) is 0 Å². The van der Waals surface area contributed by atoms with E-state index in [1.165, 1.54) is 0 Å². The van der Waals surface area contributed by atoms with Crippen LogP contribution in [0.25, 0.3) is 0 Å². The van der Waals surface area contributed by atoms with Crippen molar-refractivity contribution in [3.05, 3.63) is 17.9 Å². The molecule has 0 saturated carbocycles.